The Labute approximate surface area is 165 Å². The first-order chi connectivity index (χ1) is 12.9. The molecular formula is C19H31N5O2S. The highest BCUT2D eigenvalue weighted by atomic mass is 32.1. The van der Waals surface area contributed by atoms with Crippen molar-refractivity contribution in [3.05, 3.63) is 10.6 Å². The van der Waals surface area contributed by atoms with Crippen molar-refractivity contribution in [2.45, 2.75) is 77.3 Å². The summed E-state index contributed by atoms with van der Waals surface area (Å²) in [4.78, 5) is 26.7. The molecule has 0 radical (unpaired) electrons. The number of amides is 2. The Kier molecular flexibility index (Phi) is 6.34. The minimum Gasteiger partial charge on any atom is -0.344 e. The Morgan fingerprint density at radius 1 is 1.19 bits per heavy atom. The Morgan fingerprint density at radius 2 is 1.81 bits per heavy atom. The largest absolute Gasteiger partial charge is 0.344 e. The molecular weight excluding hydrogens is 362 g/mol. The summed E-state index contributed by atoms with van der Waals surface area (Å²) in [5, 5.41) is 10.3. The van der Waals surface area contributed by atoms with Crippen molar-refractivity contribution in [1.29, 1.82) is 0 Å². The summed E-state index contributed by atoms with van der Waals surface area (Å²) in [6.07, 6.45) is 6.08. The van der Waals surface area contributed by atoms with Crippen LogP contribution >= 0.6 is 12.2 Å². The quantitative estimate of drug-likeness (QED) is 0.754. The van der Waals surface area contributed by atoms with E-state index in [1.807, 2.05) is 4.90 Å². The van der Waals surface area contributed by atoms with E-state index < -0.39 is 0 Å². The summed E-state index contributed by atoms with van der Waals surface area (Å²) >= 11 is 5.36. The number of aromatic amines is 1. The highest BCUT2D eigenvalue weighted by Gasteiger charge is 2.36. The van der Waals surface area contributed by atoms with Gasteiger partial charge in [-0.15, -0.1) is 0 Å². The second-order valence-corrected chi connectivity index (χ2v) is 8.56. The molecule has 2 N–H and O–H groups in total. The summed E-state index contributed by atoms with van der Waals surface area (Å²) in [7, 11) is 0. The number of H-pyrrole nitrogens is 1. The van der Waals surface area contributed by atoms with E-state index in [1.165, 1.54) is 6.92 Å². The number of likely N-dealkylation sites (tertiary alicyclic amines) is 1. The molecule has 1 atom stereocenters. The smallest absolute Gasteiger partial charge is 0.245 e. The van der Waals surface area contributed by atoms with Crippen LogP contribution in [-0.4, -0.2) is 50.6 Å². The zero-order valence-corrected chi connectivity index (χ0v) is 17.3. The van der Waals surface area contributed by atoms with Crippen LogP contribution in [0.2, 0.25) is 0 Å². The fraction of sp³-hybridized carbons (Fsp3) is 0.789. The second kappa shape index (κ2) is 8.54. The molecule has 2 amide bonds. The van der Waals surface area contributed by atoms with Gasteiger partial charge in [0.05, 0.1) is 0 Å². The zero-order valence-electron chi connectivity index (χ0n) is 16.5. The Morgan fingerprint density at radius 3 is 2.37 bits per heavy atom. The molecule has 2 fully saturated rings. The number of aromatic nitrogens is 3. The predicted octanol–water partition coefficient (Wildman–Crippen LogP) is 2.92. The maximum atomic E-state index is 13.1. The molecule has 27 heavy (non-hydrogen) atoms. The minimum absolute atomic E-state index is 0.0817. The van der Waals surface area contributed by atoms with E-state index in [4.69, 9.17) is 12.2 Å². The van der Waals surface area contributed by atoms with Crippen LogP contribution in [0.5, 0.6) is 0 Å². The van der Waals surface area contributed by atoms with Gasteiger partial charge in [-0.3, -0.25) is 14.7 Å². The molecule has 0 bridgehead atoms. The van der Waals surface area contributed by atoms with E-state index in [9.17, 15) is 9.59 Å². The number of hydrogen-bond donors (Lipinski definition) is 2. The summed E-state index contributed by atoms with van der Waals surface area (Å²) in [5.74, 6) is 1.53. The predicted molar refractivity (Wildman–Crippen MR) is 106 cm³/mol. The van der Waals surface area contributed by atoms with Crippen LogP contribution in [0.1, 0.15) is 77.1 Å². The molecule has 0 aromatic carbocycles. The van der Waals surface area contributed by atoms with Gasteiger partial charge in [-0.1, -0.05) is 12.8 Å². The van der Waals surface area contributed by atoms with Gasteiger partial charge in [0.15, 0.2) is 4.77 Å². The highest BCUT2D eigenvalue weighted by molar-refractivity contribution is 7.71. The van der Waals surface area contributed by atoms with E-state index in [1.54, 1.807) is 0 Å². The van der Waals surface area contributed by atoms with Crippen molar-refractivity contribution >= 4 is 24.0 Å². The van der Waals surface area contributed by atoms with Crippen LogP contribution in [0.3, 0.4) is 0 Å². The van der Waals surface area contributed by atoms with Crippen LogP contribution in [-0.2, 0) is 9.59 Å². The summed E-state index contributed by atoms with van der Waals surface area (Å²) in [6.45, 7) is 7.10. The first-order valence-corrected chi connectivity index (χ1v) is 10.5. The normalized spacial score (nSPS) is 20.2. The molecule has 1 unspecified atom stereocenters. The standard InChI is InChI=1S/C19H31N5O2S/c1-12(2)24-17(21-22-19(24)27)15-8-10-23(11-9-15)18(26)16(20-13(3)25)14-6-4-5-7-14/h12,14-16H,4-11H2,1-3H3,(H,20,25)(H,22,27). The van der Waals surface area contributed by atoms with Gasteiger partial charge in [0.2, 0.25) is 11.8 Å². The van der Waals surface area contributed by atoms with Gasteiger partial charge >= 0.3 is 0 Å². The molecule has 3 rings (SSSR count). The molecule has 2 heterocycles. The molecule has 1 aliphatic heterocycles. The van der Waals surface area contributed by atoms with E-state index in [-0.39, 0.29) is 29.8 Å². The van der Waals surface area contributed by atoms with Crippen LogP contribution in [0, 0.1) is 10.7 Å². The van der Waals surface area contributed by atoms with Crippen molar-refractivity contribution < 1.29 is 9.59 Å². The molecule has 150 valence electrons. The lowest BCUT2D eigenvalue weighted by Crippen LogP contribution is -2.53. The minimum atomic E-state index is -0.369. The summed E-state index contributed by atoms with van der Waals surface area (Å²) < 4.78 is 2.74. The number of nitrogens with zero attached hydrogens (tertiary/aromatic N) is 3. The first kappa shape index (κ1) is 20.0. The van der Waals surface area contributed by atoms with Crippen molar-refractivity contribution in [1.82, 2.24) is 25.0 Å². The molecule has 0 spiro atoms. The van der Waals surface area contributed by atoms with Crippen LogP contribution in [0.15, 0.2) is 0 Å². The third kappa shape index (κ3) is 4.42. The van der Waals surface area contributed by atoms with Crippen molar-refractivity contribution in [2.75, 3.05) is 13.1 Å². The topological polar surface area (TPSA) is 83.0 Å². The van der Waals surface area contributed by atoms with E-state index >= 15 is 0 Å². The highest BCUT2D eigenvalue weighted by Crippen LogP contribution is 2.32. The van der Waals surface area contributed by atoms with Crippen molar-refractivity contribution in [2.24, 2.45) is 5.92 Å². The summed E-state index contributed by atoms with van der Waals surface area (Å²) in [5.41, 5.74) is 0. The number of rotatable bonds is 5. The molecule has 1 saturated heterocycles. The molecule has 2 aliphatic rings. The second-order valence-electron chi connectivity index (χ2n) is 8.17. The van der Waals surface area contributed by atoms with Crippen LogP contribution < -0.4 is 5.32 Å². The van der Waals surface area contributed by atoms with Crippen LogP contribution in [0.25, 0.3) is 0 Å². The van der Waals surface area contributed by atoms with E-state index in [0.29, 0.717) is 23.8 Å². The van der Waals surface area contributed by atoms with Crippen molar-refractivity contribution in [3.63, 3.8) is 0 Å². The third-order valence-electron chi connectivity index (χ3n) is 5.92. The molecule has 1 aromatic rings. The number of carbonyl (C=O) groups is 2. The lowest BCUT2D eigenvalue weighted by Gasteiger charge is -2.35. The molecule has 1 aliphatic carbocycles. The fourth-order valence-electron chi connectivity index (χ4n) is 4.55. The maximum absolute atomic E-state index is 13.1. The lowest BCUT2D eigenvalue weighted by atomic mass is 9.92. The van der Waals surface area contributed by atoms with Gasteiger partial charge in [-0.05, 0) is 57.7 Å². The lowest BCUT2D eigenvalue weighted by molar-refractivity contribution is -0.138. The van der Waals surface area contributed by atoms with Gasteiger partial charge in [-0.2, -0.15) is 5.10 Å². The van der Waals surface area contributed by atoms with E-state index in [2.05, 4.69) is 33.9 Å². The number of hydrogen-bond acceptors (Lipinski definition) is 4. The number of piperidine rings is 1. The molecule has 1 aromatic heterocycles. The Balaban J connectivity index is 1.66. The van der Waals surface area contributed by atoms with Gasteiger partial charge < -0.3 is 14.8 Å². The zero-order chi connectivity index (χ0) is 19.6. The maximum Gasteiger partial charge on any atom is 0.245 e. The first-order valence-electron chi connectivity index (χ1n) is 10.1. The third-order valence-corrected chi connectivity index (χ3v) is 6.20. The number of nitrogens with one attached hydrogen (secondary N) is 2. The summed E-state index contributed by atoms with van der Waals surface area (Å²) in [6, 6.07) is -0.107. The van der Waals surface area contributed by atoms with E-state index in [0.717, 1.165) is 44.3 Å². The Hall–Kier alpha value is -1.70. The average Bonchev–Trinajstić information content (AvgIpc) is 3.28. The fourth-order valence-corrected chi connectivity index (χ4v) is 4.90. The Bertz CT molecular complexity index is 727. The van der Waals surface area contributed by atoms with Gasteiger partial charge in [0, 0.05) is 32.0 Å². The average molecular weight is 394 g/mol. The molecule has 1 saturated carbocycles. The molecule has 7 nitrogen and oxygen atoms in total. The molecule has 8 heteroatoms. The monoisotopic (exact) mass is 393 g/mol. The number of carbonyl (C=O) groups excluding carboxylic acids is 2. The van der Waals surface area contributed by atoms with Crippen LogP contribution in [0.4, 0.5) is 0 Å². The van der Waals surface area contributed by atoms with Gasteiger partial charge in [0.1, 0.15) is 11.9 Å². The van der Waals surface area contributed by atoms with Gasteiger partial charge in [0.25, 0.3) is 0 Å². The SMILES string of the molecule is CC(=O)NC(C(=O)N1CCC(c2n[nH]c(=S)n2C(C)C)CC1)C1CCCC1. The van der Waals surface area contributed by atoms with Gasteiger partial charge in [-0.25, -0.2) is 0 Å². The van der Waals surface area contributed by atoms with Crippen molar-refractivity contribution in [3.8, 4) is 0 Å².